The van der Waals surface area contributed by atoms with Gasteiger partial charge in [-0.2, -0.15) is 0 Å². The first-order valence-corrected chi connectivity index (χ1v) is 6.74. The average Bonchev–Trinajstić information content (AvgIpc) is 2.29. The van der Waals surface area contributed by atoms with Gasteiger partial charge in [0.15, 0.2) is 0 Å². The van der Waals surface area contributed by atoms with Crippen molar-refractivity contribution >= 4 is 34.2 Å². The van der Waals surface area contributed by atoms with E-state index in [4.69, 9.17) is 0 Å². The van der Waals surface area contributed by atoms with Crippen LogP contribution >= 0.6 is 28.3 Å². The molecule has 0 spiro atoms. The van der Waals surface area contributed by atoms with E-state index in [1.54, 1.807) is 0 Å². The number of carbonyl (C=O) groups is 1. The first kappa shape index (κ1) is 15.5. The molecule has 1 amide bonds. The molecule has 0 bridgehead atoms. The van der Waals surface area contributed by atoms with Crippen LogP contribution in [0.1, 0.15) is 30.1 Å². The van der Waals surface area contributed by atoms with Gasteiger partial charge in [-0.15, -0.1) is 12.4 Å². The molecule has 1 aliphatic rings. The molecule has 1 heterocycles. The van der Waals surface area contributed by atoms with Crippen LogP contribution in [0.25, 0.3) is 0 Å². The number of rotatable bonds is 2. The molecule has 0 aliphatic carbocycles. The Morgan fingerprint density at radius 1 is 1.39 bits per heavy atom. The first-order chi connectivity index (χ1) is 8.15. The monoisotopic (exact) mass is 332 g/mol. The van der Waals surface area contributed by atoms with Gasteiger partial charge in [0.2, 0.25) is 0 Å². The fourth-order valence-corrected chi connectivity index (χ4v) is 2.40. The van der Waals surface area contributed by atoms with E-state index in [9.17, 15) is 4.79 Å². The van der Waals surface area contributed by atoms with Crippen molar-refractivity contribution in [2.24, 2.45) is 0 Å². The Morgan fingerprint density at radius 2 is 2.06 bits per heavy atom. The van der Waals surface area contributed by atoms with Crippen molar-refractivity contribution in [3.05, 3.63) is 34.3 Å². The zero-order valence-corrected chi connectivity index (χ0v) is 12.7. The Hall–Kier alpha value is -0.580. The third kappa shape index (κ3) is 4.26. The van der Waals surface area contributed by atoms with Crippen LogP contribution in [0.5, 0.6) is 0 Å². The maximum atomic E-state index is 12.0. The van der Waals surface area contributed by atoms with Crippen molar-refractivity contribution in [3.8, 4) is 0 Å². The second-order valence-corrected chi connectivity index (χ2v) is 5.47. The molecule has 18 heavy (non-hydrogen) atoms. The van der Waals surface area contributed by atoms with E-state index in [0.717, 1.165) is 29.4 Å². The quantitative estimate of drug-likeness (QED) is 0.874. The lowest BCUT2D eigenvalue weighted by Crippen LogP contribution is -2.46. The predicted octanol–water partition coefficient (Wildman–Crippen LogP) is 2.74. The van der Waals surface area contributed by atoms with E-state index < -0.39 is 0 Å². The molecule has 2 N–H and O–H groups in total. The number of piperidine rings is 1. The Kier molecular flexibility index (Phi) is 6.12. The molecule has 2 unspecified atom stereocenters. The minimum atomic E-state index is 0. The molecule has 0 radical (unpaired) electrons. The van der Waals surface area contributed by atoms with Crippen LogP contribution in [-0.2, 0) is 0 Å². The van der Waals surface area contributed by atoms with E-state index >= 15 is 0 Å². The van der Waals surface area contributed by atoms with Crippen molar-refractivity contribution < 1.29 is 4.79 Å². The van der Waals surface area contributed by atoms with Crippen LogP contribution in [0.15, 0.2) is 28.7 Å². The molecular formula is C13H18BrClN2O. The standard InChI is InChI=1S/C13H17BrN2O.ClH/c1-9-8-12(6-7-15-9)16-13(17)10-2-4-11(14)5-3-10;/h2-5,9,12,15H,6-8H2,1H3,(H,16,17);1H. The first-order valence-electron chi connectivity index (χ1n) is 5.95. The maximum absolute atomic E-state index is 12.0. The van der Waals surface area contributed by atoms with Crippen LogP contribution in [0, 0.1) is 0 Å². The zero-order chi connectivity index (χ0) is 12.3. The zero-order valence-electron chi connectivity index (χ0n) is 10.3. The maximum Gasteiger partial charge on any atom is 0.251 e. The van der Waals surface area contributed by atoms with Crippen LogP contribution in [0.3, 0.4) is 0 Å². The Bertz CT molecular complexity index is 396. The molecule has 1 fully saturated rings. The summed E-state index contributed by atoms with van der Waals surface area (Å²) >= 11 is 3.36. The summed E-state index contributed by atoms with van der Waals surface area (Å²) in [4.78, 5) is 12.0. The minimum Gasteiger partial charge on any atom is -0.349 e. The largest absolute Gasteiger partial charge is 0.349 e. The molecule has 2 rings (SSSR count). The third-order valence-corrected chi connectivity index (χ3v) is 3.59. The number of nitrogens with one attached hydrogen (secondary N) is 2. The van der Waals surface area contributed by atoms with Crippen LogP contribution < -0.4 is 10.6 Å². The topological polar surface area (TPSA) is 41.1 Å². The lowest BCUT2D eigenvalue weighted by molar-refractivity contribution is 0.0925. The highest BCUT2D eigenvalue weighted by atomic mass is 79.9. The van der Waals surface area contributed by atoms with Crippen molar-refractivity contribution in [2.45, 2.75) is 31.8 Å². The van der Waals surface area contributed by atoms with Gasteiger partial charge in [-0.1, -0.05) is 15.9 Å². The molecule has 1 aromatic carbocycles. The van der Waals surface area contributed by atoms with E-state index in [1.165, 1.54) is 0 Å². The Morgan fingerprint density at radius 3 is 2.67 bits per heavy atom. The van der Waals surface area contributed by atoms with E-state index in [2.05, 4.69) is 33.5 Å². The summed E-state index contributed by atoms with van der Waals surface area (Å²) in [5.41, 5.74) is 0.722. The van der Waals surface area contributed by atoms with Crippen molar-refractivity contribution in [1.82, 2.24) is 10.6 Å². The number of amides is 1. The number of carbonyl (C=O) groups excluding carboxylic acids is 1. The van der Waals surface area contributed by atoms with Crippen molar-refractivity contribution in [1.29, 1.82) is 0 Å². The summed E-state index contributed by atoms with van der Waals surface area (Å²) in [5.74, 6) is 0.0246. The number of benzene rings is 1. The fourth-order valence-electron chi connectivity index (χ4n) is 2.13. The van der Waals surface area contributed by atoms with Gasteiger partial charge in [0.05, 0.1) is 0 Å². The van der Waals surface area contributed by atoms with Gasteiger partial charge in [0.25, 0.3) is 5.91 Å². The van der Waals surface area contributed by atoms with Gasteiger partial charge >= 0.3 is 0 Å². The molecule has 1 aliphatic heterocycles. The van der Waals surface area contributed by atoms with Crippen molar-refractivity contribution in [3.63, 3.8) is 0 Å². The second kappa shape index (κ2) is 7.12. The Balaban J connectivity index is 0.00000162. The fraction of sp³-hybridized carbons (Fsp3) is 0.462. The van der Waals surface area contributed by atoms with Gasteiger partial charge in [0.1, 0.15) is 0 Å². The molecule has 0 saturated carbocycles. The van der Waals surface area contributed by atoms with Crippen LogP contribution in [0.2, 0.25) is 0 Å². The minimum absolute atomic E-state index is 0. The molecule has 2 atom stereocenters. The molecule has 1 saturated heterocycles. The molecule has 0 aromatic heterocycles. The molecule has 5 heteroatoms. The number of hydrogen-bond acceptors (Lipinski definition) is 2. The summed E-state index contributed by atoms with van der Waals surface area (Å²) in [6.45, 7) is 3.13. The number of hydrogen-bond donors (Lipinski definition) is 2. The van der Waals surface area contributed by atoms with Crippen molar-refractivity contribution in [2.75, 3.05) is 6.54 Å². The average molecular weight is 334 g/mol. The second-order valence-electron chi connectivity index (χ2n) is 4.56. The molecule has 100 valence electrons. The Labute approximate surface area is 122 Å². The summed E-state index contributed by atoms with van der Waals surface area (Å²) in [7, 11) is 0. The highest BCUT2D eigenvalue weighted by Crippen LogP contribution is 2.12. The van der Waals surface area contributed by atoms with Crippen LogP contribution in [0.4, 0.5) is 0 Å². The smallest absolute Gasteiger partial charge is 0.251 e. The summed E-state index contributed by atoms with van der Waals surface area (Å²) in [6.07, 6.45) is 2.01. The van der Waals surface area contributed by atoms with E-state index in [-0.39, 0.29) is 18.3 Å². The van der Waals surface area contributed by atoms with Gasteiger partial charge in [0, 0.05) is 22.1 Å². The lowest BCUT2D eigenvalue weighted by Gasteiger charge is -2.28. The van der Waals surface area contributed by atoms with E-state index in [0.29, 0.717) is 12.1 Å². The molecule has 3 nitrogen and oxygen atoms in total. The number of halogens is 2. The highest BCUT2D eigenvalue weighted by Gasteiger charge is 2.20. The van der Waals surface area contributed by atoms with Gasteiger partial charge < -0.3 is 10.6 Å². The van der Waals surface area contributed by atoms with E-state index in [1.807, 2.05) is 24.3 Å². The predicted molar refractivity (Wildman–Crippen MR) is 79.3 cm³/mol. The summed E-state index contributed by atoms with van der Waals surface area (Å²) in [5, 5.41) is 6.47. The molecular weight excluding hydrogens is 316 g/mol. The third-order valence-electron chi connectivity index (χ3n) is 3.07. The highest BCUT2D eigenvalue weighted by molar-refractivity contribution is 9.10. The lowest BCUT2D eigenvalue weighted by atomic mass is 10.0. The summed E-state index contributed by atoms with van der Waals surface area (Å²) in [6, 6.07) is 8.23. The van der Waals surface area contributed by atoms with Gasteiger partial charge in [-0.05, 0) is 50.6 Å². The normalized spacial score (nSPS) is 23.0. The van der Waals surface area contributed by atoms with Gasteiger partial charge in [-0.25, -0.2) is 0 Å². The summed E-state index contributed by atoms with van der Waals surface area (Å²) < 4.78 is 0.990. The van der Waals surface area contributed by atoms with Gasteiger partial charge in [-0.3, -0.25) is 4.79 Å². The SMILES string of the molecule is CC1CC(NC(=O)c2ccc(Br)cc2)CCN1.Cl. The molecule has 1 aromatic rings. The van der Waals surface area contributed by atoms with Crippen LogP contribution in [-0.4, -0.2) is 24.5 Å².